The first-order valence-electron chi connectivity index (χ1n) is 5.59. The number of hydrogen-bond acceptors (Lipinski definition) is 5. The van der Waals surface area contributed by atoms with Crippen molar-refractivity contribution >= 4 is 34.0 Å². The number of pyridine rings is 1. The molecule has 1 amide bonds. The quantitative estimate of drug-likeness (QED) is 0.623. The summed E-state index contributed by atoms with van der Waals surface area (Å²) in [6, 6.07) is 3.48. The maximum absolute atomic E-state index is 11.7. The van der Waals surface area contributed by atoms with Crippen LogP contribution in [0.5, 0.6) is 5.88 Å². The number of nitrogens with one attached hydrogen (secondary N) is 1. The molecule has 1 rings (SSSR count). The third-order valence-electron chi connectivity index (χ3n) is 2.43. The zero-order valence-electron chi connectivity index (χ0n) is 10.8. The van der Waals surface area contributed by atoms with Crippen molar-refractivity contribution in [2.24, 2.45) is 0 Å². The van der Waals surface area contributed by atoms with Crippen LogP contribution in [0.1, 0.15) is 26.7 Å². The van der Waals surface area contributed by atoms with E-state index in [4.69, 9.17) is 4.74 Å². The Morgan fingerprint density at radius 2 is 2.28 bits per heavy atom. The normalized spacial score (nSPS) is 11.1. The molecule has 18 heavy (non-hydrogen) atoms. The van der Waals surface area contributed by atoms with Crippen LogP contribution in [0, 0.1) is 0 Å². The lowest BCUT2D eigenvalue weighted by Gasteiger charge is -2.20. The molecule has 1 heterocycles. The van der Waals surface area contributed by atoms with Crippen molar-refractivity contribution in [1.82, 2.24) is 4.98 Å². The van der Waals surface area contributed by atoms with Gasteiger partial charge in [-0.05, 0) is 26.3 Å². The Morgan fingerprint density at radius 1 is 1.56 bits per heavy atom. The molecule has 0 fully saturated rings. The molecule has 6 heteroatoms. The second-order valence-corrected chi connectivity index (χ2v) is 6.32. The third-order valence-corrected chi connectivity index (χ3v) is 4.61. The van der Waals surface area contributed by atoms with Crippen LogP contribution in [0.4, 0.5) is 5.69 Å². The summed E-state index contributed by atoms with van der Waals surface area (Å²) in [5.74, 6) is 0.512. The Bertz CT molecular complexity index is 394. The Kier molecular flexibility index (Phi) is 5.81. The average molecular weight is 286 g/mol. The first kappa shape index (κ1) is 15.2. The predicted molar refractivity (Wildman–Crippen MR) is 79.3 cm³/mol. The molecule has 0 aliphatic heterocycles. The lowest BCUT2D eigenvalue weighted by molar-refractivity contribution is -0.116. The van der Waals surface area contributed by atoms with Gasteiger partial charge < -0.3 is 10.1 Å². The lowest BCUT2D eigenvalue weighted by Crippen LogP contribution is -2.18. The number of ether oxygens (including phenoxy) is 1. The van der Waals surface area contributed by atoms with E-state index in [0.717, 1.165) is 6.42 Å². The van der Waals surface area contributed by atoms with Crippen LogP contribution in [0.25, 0.3) is 0 Å². The summed E-state index contributed by atoms with van der Waals surface area (Å²) in [5.41, 5.74) is 0.678. The first-order chi connectivity index (χ1) is 8.46. The SMILES string of the molecule is COc1ccc(NC(=O)CCC(C)(C)SS)cn1. The van der Waals surface area contributed by atoms with Gasteiger partial charge in [-0.1, -0.05) is 10.8 Å². The number of hydrogen-bond donors (Lipinski definition) is 2. The number of rotatable bonds is 6. The molecule has 0 spiro atoms. The molecule has 4 nitrogen and oxygen atoms in total. The van der Waals surface area contributed by atoms with Crippen LogP contribution in [-0.2, 0) is 4.79 Å². The number of thiol groups is 1. The maximum atomic E-state index is 11.7. The van der Waals surface area contributed by atoms with Gasteiger partial charge in [0.1, 0.15) is 0 Å². The van der Waals surface area contributed by atoms with E-state index in [2.05, 4.69) is 35.8 Å². The summed E-state index contributed by atoms with van der Waals surface area (Å²) in [5, 5.41) is 2.80. The van der Waals surface area contributed by atoms with Crippen molar-refractivity contribution in [2.75, 3.05) is 12.4 Å². The van der Waals surface area contributed by atoms with E-state index >= 15 is 0 Å². The molecule has 1 aromatic rings. The van der Waals surface area contributed by atoms with Crippen LogP contribution >= 0.6 is 22.5 Å². The Morgan fingerprint density at radius 3 is 2.78 bits per heavy atom. The first-order valence-corrected chi connectivity index (χ1v) is 7.46. The van der Waals surface area contributed by atoms with Gasteiger partial charge in [0, 0.05) is 17.2 Å². The fraction of sp³-hybridized carbons (Fsp3) is 0.500. The van der Waals surface area contributed by atoms with Gasteiger partial charge in [0.05, 0.1) is 19.0 Å². The number of anilines is 1. The maximum Gasteiger partial charge on any atom is 0.224 e. The molecule has 0 saturated heterocycles. The van der Waals surface area contributed by atoms with Crippen molar-refractivity contribution in [2.45, 2.75) is 31.4 Å². The van der Waals surface area contributed by atoms with Gasteiger partial charge >= 0.3 is 0 Å². The van der Waals surface area contributed by atoms with Gasteiger partial charge in [0.25, 0.3) is 0 Å². The van der Waals surface area contributed by atoms with E-state index < -0.39 is 0 Å². The molecule has 1 aromatic heterocycles. The predicted octanol–water partition coefficient (Wildman–Crippen LogP) is 3.17. The summed E-state index contributed by atoms with van der Waals surface area (Å²) < 4.78 is 4.94. The Labute approximate surface area is 117 Å². The van der Waals surface area contributed by atoms with Gasteiger partial charge in [-0.2, -0.15) is 0 Å². The number of carbonyl (C=O) groups excluding carboxylic acids is 1. The minimum absolute atomic E-state index is 0.00138. The van der Waals surface area contributed by atoms with Crippen molar-refractivity contribution in [3.05, 3.63) is 18.3 Å². The van der Waals surface area contributed by atoms with Gasteiger partial charge in [-0.25, -0.2) is 4.98 Å². The Balaban J connectivity index is 2.44. The van der Waals surface area contributed by atoms with Gasteiger partial charge in [-0.15, -0.1) is 11.7 Å². The molecule has 100 valence electrons. The summed E-state index contributed by atoms with van der Waals surface area (Å²) >= 11 is 4.19. The van der Waals surface area contributed by atoms with Crippen LogP contribution in [0.3, 0.4) is 0 Å². The minimum atomic E-state index is -0.0163. The third kappa shape index (κ3) is 5.18. The number of amides is 1. The van der Waals surface area contributed by atoms with E-state index in [0.29, 0.717) is 18.0 Å². The molecule has 0 aliphatic carbocycles. The smallest absolute Gasteiger partial charge is 0.224 e. The highest BCUT2D eigenvalue weighted by Gasteiger charge is 2.18. The summed E-state index contributed by atoms with van der Waals surface area (Å²) in [6.07, 6.45) is 2.82. The zero-order valence-corrected chi connectivity index (χ0v) is 12.5. The van der Waals surface area contributed by atoms with Crippen LogP contribution in [0.2, 0.25) is 0 Å². The fourth-order valence-electron chi connectivity index (χ4n) is 1.26. The van der Waals surface area contributed by atoms with Crippen LogP contribution < -0.4 is 10.1 Å². The van der Waals surface area contributed by atoms with E-state index in [1.807, 2.05) is 0 Å². The molecular weight excluding hydrogens is 268 g/mol. The average Bonchev–Trinajstić information content (AvgIpc) is 2.37. The number of carbonyl (C=O) groups is 1. The molecule has 0 saturated carbocycles. The van der Waals surface area contributed by atoms with Crippen molar-refractivity contribution in [3.63, 3.8) is 0 Å². The number of methoxy groups -OCH3 is 1. The minimum Gasteiger partial charge on any atom is -0.481 e. The summed E-state index contributed by atoms with van der Waals surface area (Å²) in [7, 11) is 3.02. The number of nitrogens with zero attached hydrogens (tertiary/aromatic N) is 1. The number of aromatic nitrogens is 1. The topological polar surface area (TPSA) is 51.2 Å². The largest absolute Gasteiger partial charge is 0.481 e. The van der Waals surface area contributed by atoms with E-state index in [1.54, 1.807) is 25.4 Å². The van der Waals surface area contributed by atoms with Gasteiger partial charge in [0.2, 0.25) is 11.8 Å². The highest BCUT2D eigenvalue weighted by atomic mass is 33.1. The van der Waals surface area contributed by atoms with Gasteiger partial charge in [-0.3, -0.25) is 4.79 Å². The van der Waals surface area contributed by atoms with Crippen molar-refractivity contribution < 1.29 is 9.53 Å². The summed E-state index contributed by atoms with van der Waals surface area (Å²) in [4.78, 5) is 15.7. The van der Waals surface area contributed by atoms with E-state index in [9.17, 15) is 4.79 Å². The lowest BCUT2D eigenvalue weighted by atomic mass is 10.1. The zero-order chi connectivity index (χ0) is 13.6. The van der Waals surface area contributed by atoms with Crippen LogP contribution in [-0.4, -0.2) is 22.7 Å². The molecule has 0 radical (unpaired) electrons. The van der Waals surface area contributed by atoms with Crippen molar-refractivity contribution in [1.29, 1.82) is 0 Å². The van der Waals surface area contributed by atoms with Crippen LogP contribution in [0.15, 0.2) is 18.3 Å². The molecule has 0 unspecified atom stereocenters. The molecule has 0 bridgehead atoms. The molecular formula is C12H18N2O2S2. The highest BCUT2D eigenvalue weighted by molar-refractivity contribution is 8.69. The molecule has 0 aromatic carbocycles. The van der Waals surface area contributed by atoms with Crippen molar-refractivity contribution in [3.8, 4) is 5.88 Å². The van der Waals surface area contributed by atoms with E-state index in [1.165, 1.54) is 10.8 Å². The molecule has 0 atom stereocenters. The second-order valence-electron chi connectivity index (χ2n) is 4.49. The second kappa shape index (κ2) is 6.89. The molecule has 0 aliphatic rings. The highest BCUT2D eigenvalue weighted by Crippen LogP contribution is 2.31. The summed E-state index contributed by atoms with van der Waals surface area (Å²) in [6.45, 7) is 4.12. The van der Waals surface area contributed by atoms with Gasteiger partial charge in [0.15, 0.2) is 0 Å². The monoisotopic (exact) mass is 286 g/mol. The Hall–Kier alpha value is -0.880. The van der Waals surface area contributed by atoms with E-state index in [-0.39, 0.29) is 10.7 Å². The molecule has 1 N–H and O–H groups in total. The fourth-order valence-corrected chi connectivity index (χ4v) is 1.73. The standard InChI is InChI=1S/C12H18N2O2S2/c1-12(2,18-17)7-6-10(15)14-9-4-5-11(16-3)13-8-9/h4-5,8,17H,6-7H2,1-3H3,(H,14,15).